The fraction of sp³-hybridized carbons (Fsp3) is 0.333. The lowest BCUT2D eigenvalue weighted by atomic mass is 10.3. The van der Waals surface area contributed by atoms with E-state index in [-0.39, 0.29) is 13.2 Å². The van der Waals surface area contributed by atoms with Crippen LogP contribution in [-0.4, -0.2) is 22.4 Å². The highest BCUT2D eigenvalue weighted by atomic mass is 16.6. The van der Waals surface area contributed by atoms with Crippen molar-refractivity contribution in [1.29, 1.82) is 0 Å². The minimum Gasteiger partial charge on any atom is -0.480 e. The zero-order valence-corrected chi connectivity index (χ0v) is 12.2. The Balaban J connectivity index is 1.82. The molecule has 0 saturated heterocycles. The Hall–Kier alpha value is -2.50. The number of aryl methyl sites for hydroxylation is 2. The van der Waals surface area contributed by atoms with E-state index in [1.165, 1.54) is 0 Å². The fourth-order valence-corrected chi connectivity index (χ4v) is 1.82. The largest absolute Gasteiger partial charge is 0.480 e. The number of para-hydroxylation sites is 2. The number of carbonyl (C=O) groups excluding carboxylic acids is 1. The number of rotatable bonds is 6. The van der Waals surface area contributed by atoms with Crippen molar-refractivity contribution in [2.75, 3.05) is 12.3 Å². The molecule has 0 radical (unpaired) electrons. The zero-order chi connectivity index (χ0) is 15.2. The minimum absolute atomic E-state index is 0.174. The van der Waals surface area contributed by atoms with Gasteiger partial charge in [-0.05, 0) is 24.6 Å². The van der Waals surface area contributed by atoms with Gasteiger partial charge in [0.1, 0.15) is 12.4 Å². The summed E-state index contributed by atoms with van der Waals surface area (Å²) in [5.41, 5.74) is 8.03. The molecule has 2 aromatic rings. The fourth-order valence-electron chi connectivity index (χ4n) is 1.82. The van der Waals surface area contributed by atoms with Gasteiger partial charge in [0, 0.05) is 7.05 Å². The van der Waals surface area contributed by atoms with Gasteiger partial charge >= 0.3 is 5.97 Å². The van der Waals surface area contributed by atoms with Crippen molar-refractivity contribution < 1.29 is 14.3 Å². The van der Waals surface area contributed by atoms with Crippen LogP contribution in [0, 0.1) is 0 Å². The van der Waals surface area contributed by atoms with E-state index < -0.39 is 5.97 Å². The minimum atomic E-state index is -0.447. The Labute approximate surface area is 123 Å². The molecule has 6 nitrogen and oxygen atoms in total. The van der Waals surface area contributed by atoms with E-state index in [4.69, 9.17) is 15.2 Å². The summed E-state index contributed by atoms with van der Waals surface area (Å²) in [6, 6.07) is 8.93. The zero-order valence-electron chi connectivity index (χ0n) is 12.2. The van der Waals surface area contributed by atoms with Gasteiger partial charge in [-0.1, -0.05) is 19.1 Å². The molecule has 1 aromatic carbocycles. The average molecular weight is 289 g/mol. The Kier molecular flexibility index (Phi) is 4.81. The molecule has 1 aromatic heterocycles. The molecule has 0 saturated carbocycles. The highest BCUT2D eigenvalue weighted by molar-refractivity contribution is 5.71. The van der Waals surface area contributed by atoms with Crippen LogP contribution in [0.1, 0.15) is 18.3 Å². The van der Waals surface area contributed by atoms with E-state index in [2.05, 4.69) is 5.10 Å². The standard InChI is InChI=1S/C15H19N3O3/c1-3-11-8-12(18(2)17-11)9-21-15(19)10-20-14-7-5-4-6-13(14)16/h4-8H,3,9-10,16H2,1-2H3. The first-order valence-corrected chi connectivity index (χ1v) is 6.75. The van der Waals surface area contributed by atoms with Crippen molar-refractivity contribution in [3.8, 4) is 5.75 Å². The smallest absolute Gasteiger partial charge is 0.344 e. The van der Waals surface area contributed by atoms with Crippen LogP contribution in [0.2, 0.25) is 0 Å². The third-order valence-electron chi connectivity index (χ3n) is 3.04. The second kappa shape index (κ2) is 6.78. The van der Waals surface area contributed by atoms with Gasteiger partial charge in [0.15, 0.2) is 6.61 Å². The normalized spacial score (nSPS) is 10.4. The molecule has 0 bridgehead atoms. The first-order valence-electron chi connectivity index (χ1n) is 6.75. The van der Waals surface area contributed by atoms with E-state index in [0.717, 1.165) is 17.8 Å². The average Bonchev–Trinajstić information content (AvgIpc) is 2.84. The van der Waals surface area contributed by atoms with E-state index >= 15 is 0 Å². The van der Waals surface area contributed by atoms with E-state index in [0.29, 0.717) is 11.4 Å². The van der Waals surface area contributed by atoms with Crippen LogP contribution in [0.3, 0.4) is 0 Å². The molecule has 0 unspecified atom stereocenters. The first-order chi connectivity index (χ1) is 10.1. The maximum atomic E-state index is 11.7. The predicted octanol–water partition coefficient (Wildman–Crippen LogP) is 1.69. The number of nitrogens with two attached hydrogens (primary N) is 1. The SMILES string of the molecule is CCc1cc(COC(=O)COc2ccccc2N)n(C)n1. The Morgan fingerprint density at radius 2 is 2.14 bits per heavy atom. The molecule has 2 rings (SSSR count). The maximum Gasteiger partial charge on any atom is 0.344 e. The van der Waals surface area contributed by atoms with Crippen molar-refractivity contribution >= 4 is 11.7 Å². The lowest BCUT2D eigenvalue weighted by Gasteiger charge is -2.08. The number of anilines is 1. The summed E-state index contributed by atoms with van der Waals surface area (Å²) in [5.74, 6) is 0.0285. The van der Waals surface area contributed by atoms with Gasteiger partial charge in [-0.25, -0.2) is 4.79 Å². The van der Waals surface area contributed by atoms with Gasteiger partial charge in [-0.15, -0.1) is 0 Å². The number of nitrogen functional groups attached to an aromatic ring is 1. The summed E-state index contributed by atoms with van der Waals surface area (Å²) in [6.07, 6.45) is 0.845. The van der Waals surface area contributed by atoms with Crippen LogP contribution in [0.25, 0.3) is 0 Å². The van der Waals surface area contributed by atoms with Crippen molar-refractivity contribution in [3.05, 3.63) is 41.7 Å². The third kappa shape index (κ3) is 3.98. The van der Waals surface area contributed by atoms with Crippen LogP contribution in [0.5, 0.6) is 5.75 Å². The maximum absolute atomic E-state index is 11.7. The molecule has 0 fully saturated rings. The van der Waals surface area contributed by atoms with Gasteiger partial charge in [0.2, 0.25) is 0 Å². The van der Waals surface area contributed by atoms with Crippen LogP contribution in [0.15, 0.2) is 30.3 Å². The molecule has 0 aliphatic rings. The summed E-state index contributed by atoms with van der Waals surface area (Å²) in [7, 11) is 1.82. The quantitative estimate of drug-likeness (QED) is 0.646. The molecular weight excluding hydrogens is 270 g/mol. The number of ether oxygens (including phenoxy) is 2. The van der Waals surface area contributed by atoms with Crippen molar-refractivity contribution in [1.82, 2.24) is 9.78 Å². The molecule has 0 aliphatic heterocycles. The van der Waals surface area contributed by atoms with E-state index in [1.807, 2.05) is 20.0 Å². The van der Waals surface area contributed by atoms with Gasteiger partial charge < -0.3 is 15.2 Å². The number of nitrogens with zero attached hydrogens (tertiary/aromatic N) is 2. The second-order valence-electron chi connectivity index (χ2n) is 4.59. The molecule has 1 heterocycles. The Morgan fingerprint density at radius 1 is 1.38 bits per heavy atom. The number of carbonyl (C=O) groups is 1. The van der Waals surface area contributed by atoms with Gasteiger partial charge in [-0.3, -0.25) is 4.68 Å². The predicted molar refractivity (Wildman–Crippen MR) is 78.7 cm³/mol. The summed E-state index contributed by atoms with van der Waals surface area (Å²) in [5, 5.41) is 4.29. The van der Waals surface area contributed by atoms with Gasteiger partial charge in [0.05, 0.1) is 17.1 Å². The monoisotopic (exact) mass is 289 g/mol. The topological polar surface area (TPSA) is 79.4 Å². The van der Waals surface area contributed by atoms with Crippen molar-refractivity contribution in [2.24, 2.45) is 7.05 Å². The van der Waals surface area contributed by atoms with Gasteiger partial charge in [0.25, 0.3) is 0 Å². The van der Waals surface area contributed by atoms with Crippen LogP contribution in [0.4, 0.5) is 5.69 Å². The molecule has 6 heteroatoms. The van der Waals surface area contributed by atoms with Crippen molar-refractivity contribution in [2.45, 2.75) is 20.0 Å². The second-order valence-corrected chi connectivity index (χ2v) is 4.59. The Morgan fingerprint density at radius 3 is 2.81 bits per heavy atom. The summed E-state index contributed by atoms with van der Waals surface area (Å²) in [6.45, 7) is 2.03. The molecular formula is C15H19N3O3. The number of hydrogen-bond donors (Lipinski definition) is 1. The molecule has 0 atom stereocenters. The summed E-state index contributed by atoms with van der Waals surface area (Å²) in [4.78, 5) is 11.7. The lowest BCUT2D eigenvalue weighted by Crippen LogP contribution is -2.16. The number of hydrogen-bond acceptors (Lipinski definition) is 5. The third-order valence-corrected chi connectivity index (χ3v) is 3.04. The van der Waals surface area contributed by atoms with Crippen molar-refractivity contribution in [3.63, 3.8) is 0 Å². The first kappa shape index (κ1) is 14.9. The highest BCUT2D eigenvalue weighted by Gasteiger charge is 2.09. The van der Waals surface area contributed by atoms with Crippen LogP contribution >= 0.6 is 0 Å². The lowest BCUT2D eigenvalue weighted by molar-refractivity contribution is -0.147. The summed E-state index contributed by atoms with van der Waals surface area (Å²) < 4.78 is 12.2. The molecule has 0 spiro atoms. The number of benzene rings is 1. The van der Waals surface area contributed by atoms with Gasteiger partial charge in [-0.2, -0.15) is 5.10 Å². The Bertz CT molecular complexity index is 622. The van der Waals surface area contributed by atoms with Crippen LogP contribution in [-0.2, 0) is 29.6 Å². The summed E-state index contributed by atoms with van der Waals surface area (Å²) >= 11 is 0. The van der Waals surface area contributed by atoms with Crippen LogP contribution < -0.4 is 10.5 Å². The number of esters is 1. The van der Waals surface area contributed by atoms with E-state index in [1.54, 1.807) is 28.9 Å². The molecule has 0 aliphatic carbocycles. The highest BCUT2D eigenvalue weighted by Crippen LogP contribution is 2.19. The number of aromatic nitrogens is 2. The molecule has 2 N–H and O–H groups in total. The molecule has 21 heavy (non-hydrogen) atoms. The molecule has 0 amide bonds. The van der Waals surface area contributed by atoms with E-state index in [9.17, 15) is 4.79 Å². The molecule has 112 valence electrons.